The summed E-state index contributed by atoms with van der Waals surface area (Å²) in [6, 6.07) is 10.2. The number of β-amino-alcohol motifs (C(OH)–C–C–N with tert-alkyl or cyclic N) is 1. The Morgan fingerprint density at radius 1 is 1.03 bits per heavy atom. The number of likely N-dealkylation sites (tertiary alicyclic amines) is 1. The number of alkyl halides is 3. The minimum atomic E-state index is -5.22. The highest BCUT2D eigenvalue weighted by Crippen LogP contribution is 2.43. The van der Waals surface area contributed by atoms with E-state index >= 15 is 4.39 Å². The number of aliphatic hydroxyl groups excluding tert-OH is 1. The first-order chi connectivity index (χ1) is 33.9. The molecule has 6 rings (SSSR count). The van der Waals surface area contributed by atoms with E-state index in [4.69, 9.17) is 43.3 Å². The van der Waals surface area contributed by atoms with Crippen molar-refractivity contribution in [2.75, 3.05) is 49.4 Å². The fourth-order valence-electron chi connectivity index (χ4n) is 8.17. The molecule has 0 saturated carbocycles. The summed E-state index contributed by atoms with van der Waals surface area (Å²) in [5.41, 5.74) is -1.06. The Kier molecular flexibility index (Phi) is 18.0. The number of nitrogens with one attached hydrogen (secondary N) is 2. The van der Waals surface area contributed by atoms with E-state index in [1.165, 1.54) is 42.0 Å². The minimum absolute atomic E-state index is 0.0434. The van der Waals surface area contributed by atoms with Crippen molar-refractivity contribution in [3.05, 3.63) is 87.4 Å². The molecule has 23 heteroatoms. The van der Waals surface area contributed by atoms with Gasteiger partial charge in [-0.15, -0.1) is 11.3 Å². The number of thiazole rings is 1. The van der Waals surface area contributed by atoms with Gasteiger partial charge in [0.25, 0.3) is 5.91 Å². The van der Waals surface area contributed by atoms with Crippen LogP contribution in [0.5, 0.6) is 5.88 Å². The highest BCUT2D eigenvalue weighted by molar-refractivity contribution is 7.81. The number of anilines is 2. The molecule has 4 heterocycles. The van der Waals surface area contributed by atoms with E-state index in [9.17, 15) is 37.5 Å². The molecule has 0 bridgehead atoms. The van der Waals surface area contributed by atoms with Crippen molar-refractivity contribution in [1.29, 1.82) is 5.26 Å². The Bertz CT molecular complexity index is 2700. The summed E-state index contributed by atoms with van der Waals surface area (Å²) >= 11 is 13.6. The third-order valence-corrected chi connectivity index (χ3v) is 13.6. The van der Waals surface area contributed by atoms with Crippen LogP contribution >= 0.6 is 35.2 Å². The predicted octanol–water partition coefficient (Wildman–Crippen LogP) is 7.50. The van der Waals surface area contributed by atoms with Crippen molar-refractivity contribution in [3.63, 3.8) is 0 Å². The number of aryl methyl sites for hydroxylation is 1. The number of nitriles is 1. The molecule has 72 heavy (non-hydrogen) atoms. The molecule has 2 fully saturated rings. The van der Waals surface area contributed by atoms with Gasteiger partial charge in [-0.2, -0.15) is 18.4 Å². The number of halogens is 5. The number of aromatic nitrogens is 2. The van der Waals surface area contributed by atoms with E-state index in [2.05, 4.69) is 20.6 Å². The van der Waals surface area contributed by atoms with Gasteiger partial charge in [-0.3, -0.25) is 24.1 Å². The number of benzene rings is 2. The van der Waals surface area contributed by atoms with Crippen LogP contribution in [0.25, 0.3) is 10.4 Å². The number of hydrogen-bond donors (Lipinski definition) is 3. The van der Waals surface area contributed by atoms with Crippen LogP contribution in [0.3, 0.4) is 0 Å². The first-order valence-electron chi connectivity index (χ1n) is 22.9. The second kappa shape index (κ2) is 23.4. The highest BCUT2D eigenvalue weighted by atomic mass is 35.5. The van der Waals surface area contributed by atoms with Gasteiger partial charge in [-0.1, -0.05) is 56.6 Å². The van der Waals surface area contributed by atoms with Gasteiger partial charge in [0.2, 0.25) is 23.6 Å². The maximum absolute atomic E-state index is 15.4. The maximum atomic E-state index is 15.4. The van der Waals surface area contributed by atoms with Gasteiger partial charge in [-0.25, -0.2) is 14.4 Å². The van der Waals surface area contributed by atoms with Crippen LogP contribution in [0, 0.1) is 29.5 Å². The lowest BCUT2D eigenvalue weighted by molar-refractivity contribution is -0.144. The molecule has 0 spiro atoms. The van der Waals surface area contributed by atoms with Gasteiger partial charge in [0.15, 0.2) is 10.9 Å². The smallest absolute Gasteiger partial charge is 0.420 e. The van der Waals surface area contributed by atoms with Crippen LogP contribution in [0.4, 0.5) is 28.9 Å². The predicted molar refractivity (Wildman–Crippen MR) is 265 cm³/mol. The minimum Gasteiger partial charge on any atom is -0.478 e. The number of aliphatic hydroxyl groups is 1. The van der Waals surface area contributed by atoms with Crippen LogP contribution in [0.2, 0.25) is 5.02 Å². The molecule has 3 N–H and O–H groups in total. The van der Waals surface area contributed by atoms with Crippen molar-refractivity contribution in [2.24, 2.45) is 5.41 Å². The number of carbonyl (C=O) groups excluding carboxylic acids is 4. The summed E-state index contributed by atoms with van der Waals surface area (Å²) in [6.45, 7) is 11.3. The van der Waals surface area contributed by atoms with Crippen LogP contribution in [-0.4, -0.2) is 112 Å². The zero-order valence-corrected chi connectivity index (χ0v) is 42.8. The second-order valence-corrected chi connectivity index (χ2v) is 20.4. The molecule has 16 nitrogen and oxygen atoms in total. The van der Waals surface area contributed by atoms with E-state index < -0.39 is 81.6 Å². The molecule has 0 radical (unpaired) electrons. The quantitative estimate of drug-likeness (QED) is 0.0447. The summed E-state index contributed by atoms with van der Waals surface area (Å²) in [7, 11) is 0. The van der Waals surface area contributed by atoms with Crippen LogP contribution in [0.1, 0.15) is 82.7 Å². The van der Waals surface area contributed by atoms with E-state index in [1.807, 2.05) is 31.2 Å². The average Bonchev–Trinajstić information content (AvgIpc) is 3.98. The Hall–Kier alpha value is -5.83. The average molecular weight is 1060 g/mol. The molecule has 4 aromatic rings. The number of ether oxygens (including phenoxy) is 3. The third-order valence-electron chi connectivity index (χ3n) is 11.9. The van der Waals surface area contributed by atoms with Crippen molar-refractivity contribution < 1.29 is 56.1 Å². The molecule has 2 saturated heterocycles. The van der Waals surface area contributed by atoms with E-state index in [0.29, 0.717) is 37.4 Å². The molecule has 2 aromatic heterocycles. The largest absolute Gasteiger partial charge is 0.478 e. The van der Waals surface area contributed by atoms with Crippen molar-refractivity contribution in [3.8, 4) is 22.4 Å². The van der Waals surface area contributed by atoms with Crippen LogP contribution in [-0.2, 0) is 41.4 Å². The Balaban J connectivity index is 0.886. The van der Waals surface area contributed by atoms with Gasteiger partial charge in [0, 0.05) is 45.4 Å². The van der Waals surface area contributed by atoms with Crippen LogP contribution < -0.4 is 25.2 Å². The number of unbranched alkanes of at least 4 members (excludes halogenated alkanes) is 1. The van der Waals surface area contributed by atoms with Gasteiger partial charge in [0.05, 0.1) is 63.0 Å². The SMILES string of the molecule is Cc1ncsc1-c1ccc(CNC(=O)[C@@H]2C[C@@H](O)CN2C(=O)[C@@H](NC(=O)COCCCOCCCCOc2cc(Cl)c(N3C(=S)N(c4ccc(C#N)c(C(F)(F)F)c4F)C(=O)C3(C)C)cn2)C(C)(C)C)cc1. The zero-order valence-electron chi connectivity index (χ0n) is 40.4. The lowest BCUT2D eigenvalue weighted by atomic mass is 9.85. The summed E-state index contributed by atoms with van der Waals surface area (Å²) in [6.07, 6.45) is -3.12. The topological polar surface area (TPSA) is 200 Å². The summed E-state index contributed by atoms with van der Waals surface area (Å²) < 4.78 is 73.6. The third kappa shape index (κ3) is 12.8. The first kappa shape index (κ1) is 55.5. The molecule has 386 valence electrons. The fourth-order valence-corrected chi connectivity index (χ4v) is 9.71. The van der Waals surface area contributed by atoms with Crippen molar-refractivity contribution >= 4 is 75.3 Å². The molecule has 0 aliphatic carbocycles. The number of thiocarbonyl (C=S) groups is 1. The molecule has 4 amide bonds. The molecule has 3 atom stereocenters. The van der Waals surface area contributed by atoms with Gasteiger partial charge in [0.1, 0.15) is 29.8 Å². The first-order valence-corrected chi connectivity index (χ1v) is 24.6. The van der Waals surface area contributed by atoms with E-state index in [-0.39, 0.29) is 61.0 Å². The van der Waals surface area contributed by atoms with Gasteiger partial charge >= 0.3 is 6.18 Å². The zero-order chi connectivity index (χ0) is 52.7. The lowest BCUT2D eigenvalue weighted by Crippen LogP contribution is -2.58. The molecular weight excluding hydrogens is 1000 g/mol. The molecular formula is C49H55ClF4N8O8S2. The number of rotatable bonds is 20. The Morgan fingerprint density at radius 2 is 1.71 bits per heavy atom. The van der Waals surface area contributed by atoms with Gasteiger partial charge in [-0.05, 0) is 80.9 Å². The van der Waals surface area contributed by atoms with Crippen LogP contribution in [0.15, 0.2) is 54.2 Å². The van der Waals surface area contributed by atoms with E-state index in [1.54, 1.807) is 37.6 Å². The molecule has 2 aliphatic heterocycles. The maximum Gasteiger partial charge on any atom is 0.420 e. The molecule has 0 unspecified atom stereocenters. The molecule has 2 aliphatic rings. The van der Waals surface area contributed by atoms with Crippen molar-refractivity contribution in [1.82, 2.24) is 25.5 Å². The number of nitrogens with zero attached hydrogens (tertiary/aromatic N) is 6. The van der Waals surface area contributed by atoms with Crippen molar-refractivity contribution in [2.45, 2.75) is 104 Å². The Morgan fingerprint density at radius 3 is 2.35 bits per heavy atom. The summed E-state index contributed by atoms with van der Waals surface area (Å²) in [4.78, 5) is 66.8. The number of hydrogen-bond acceptors (Lipinski definition) is 13. The standard InChI is InChI=1S/C49H55ClF4N8O8S2/c1-28-41(72-27-58-28)30-12-10-29(11-13-30)23-57-43(65)35-20-32(63)25-60(35)44(66)42(47(2,3)4)59-37(64)26-69-18-9-17-68-16-7-8-19-70-38-21-33(50)36(24-56-38)62-46(71)61(45(67)48(62,5)6)34-15-14-31(22-55)39(40(34)51)49(52,53)54/h10-15,21,24,27,32,35,42,63H,7-9,16-20,23,25-26H2,1-6H3,(H,57,65)(H,59,64)/t32-,35+,42-/m1/s1. The normalized spacial score (nSPS) is 17.3. The summed E-state index contributed by atoms with van der Waals surface area (Å²) in [5, 5.41) is 25.1. The Labute approximate surface area is 428 Å². The monoisotopic (exact) mass is 1060 g/mol. The summed E-state index contributed by atoms with van der Waals surface area (Å²) in [5.74, 6) is -3.92. The lowest BCUT2D eigenvalue weighted by Gasteiger charge is -2.35. The number of carbonyl (C=O) groups is 4. The van der Waals surface area contributed by atoms with Gasteiger partial charge < -0.3 is 39.8 Å². The highest BCUT2D eigenvalue weighted by Gasteiger charge is 2.53. The fraction of sp³-hybridized carbons (Fsp3) is 0.469. The molecule has 2 aromatic carbocycles. The second-order valence-electron chi connectivity index (χ2n) is 18.7. The van der Waals surface area contributed by atoms with E-state index in [0.717, 1.165) is 33.8 Å². The number of pyridine rings is 1. The number of amides is 4.